The van der Waals surface area contributed by atoms with Crippen LogP contribution in [0.15, 0.2) is 6.07 Å². The first-order valence-corrected chi connectivity index (χ1v) is 4.81. The van der Waals surface area contributed by atoms with Crippen LogP contribution in [0.25, 0.3) is 0 Å². The molecule has 0 saturated heterocycles. The number of nitriles is 1. The van der Waals surface area contributed by atoms with Gasteiger partial charge in [0.05, 0.1) is 5.56 Å². The number of aromatic nitrogens is 1. The van der Waals surface area contributed by atoms with Gasteiger partial charge in [-0.3, -0.25) is 0 Å². The van der Waals surface area contributed by atoms with E-state index in [9.17, 15) is 0 Å². The summed E-state index contributed by atoms with van der Waals surface area (Å²) in [4.78, 5) is 4.35. The van der Waals surface area contributed by atoms with E-state index in [1.807, 2.05) is 13.0 Å². The topological polar surface area (TPSA) is 48.7 Å². The van der Waals surface area contributed by atoms with E-state index in [1.165, 1.54) is 5.56 Å². The molecule has 1 N–H and O–H groups in total. The Labute approximate surface area is 84.8 Å². The number of rotatable bonds is 3. The zero-order valence-electron chi connectivity index (χ0n) is 8.89. The van der Waals surface area contributed by atoms with E-state index < -0.39 is 0 Å². The number of anilines is 1. The van der Waals surface area contributed by atoms with E-state index in [2.05, 4.69) is 23.3 Å². The Morgan fingerprint density at radius 1 is 1.57 bits per heavy atom. The van der Waals surface area contributed by atoms with Crippen LogP contribution >= 0.6 is 0 Å². The molecule has 0 fully saturated rings. The molecule has 1 aromatic rings. The van der Waals surface area contributed by atoms with Crippen molar-refractivity contribution in [3.8, 4) is 6.07 Å². The summed E-state index contributed by atoms with van der Waals surface area (Å²) in [6.07, 6.45) is 2.06. The summed E-state index contributed by atoms with van der Waals surface area (Å²) in [5, 5.41) is 11.8. The number of pyridine rings is 1. The second kappa shape index (κ2) is 4.61. The number of aryl methyl sites for hydroxylation is 2. The van der Waals surface area contributed by atoms with Crippen LogP contribution < -0.4 is 5.32 Å². The van der Waals surface area contributed by atoms with Crippen molar-refractivity contribution in [3.63, 3.8) is 0 Å². The largest absolute Gasteiger partial charge is 0.372 e. The molecule has 0 amide bonds. The zero-order chi connectivity index (χ0) is 10.6. The van der Waals surface area contributed by atoms with Crippen LogP contribution in [0, 0.1) is 18.3 Å². The minimum atomic E-state index is 0.626. The molecule has 1 heterocycles. The molecule has 0 spiro atoms. The molecule has 3 nitrogen and oxygen atoms in total. The Morgan fingerprint density at radius 2 is 2.29 bits per heavy atom. The summed E-state index contributed by atoms with van der Waals surface area (Å²) in [5.41, 5.74) is 2.81. The predicted octanol–water partition coefficient (Wildman–Crippen LogP) is 2.26. The van der Waals surface area contributed by atoms with E-state index >= 15 is 0 Å². The maximum absolute atomic E-state index is 8.90. The summed E-state index contributed by atoms with van der Waals surface area (Å²) in [6, 6.07) is 4.08. The molecule has 0 aliphatic heterocycles. The Bertz CT molecular complexity index is 364. The monoisotopic (exact) mass is 189 g/mol. The van der Waals surface area contributed by atoms with Crippen molar-refractivity contribution in [1.29, 1.82) is 5.26 Å². The Balaban J connectivity index is 3.18. The van der Waals surface area contributed by atoms with Crippen LogP contribution in [0.2, 0.25) is 0 Å². The summed E-state index contributed by atoms with van der Waals surface area (Å²) in [7, 11) is 1.78. The van der Waals surface area contributed by atoms with Crippen molar-refractivity contribution in [3.05, 3.63) is 22.9 Å². The summed E-state index contributed by atoms with van der Waals surface area (Å²) >= 11 is 0. The smallest absolute Gasteiger partial charge is 0.143 e. The van der Waals surface area contributed by atoms with Crippen molar-refractivity contribution in [2.75, 3.05) is 12.4 Å². The van der Waals surface area contributed by atoms with Gasteiger partial charge in [0.2, 0.25) is 0 Å². The minimum Gasteiger partial charge on any atom is -0.372 e. The van der Waals surface area contributed by atoms with Gasteiger partial charge in [0, 0.05) is 12.7 Å². The van der Waals surface area contributed by atoms with Gasteiger partial charge in [-0.05, 0) is 25.0 Å². The molecule has 1 aromatic heterocycles. The molecule has 0 bridgehead atoms. The lowest BCUT2D eigenvalue weighted by Crippen LogP contribution is -2.01. The van der Waals surface area contributed by atoms with Crippen molar-refractivity contribution in [2.24, 2.45) is 0 Å². The molecule has 3 heteroatoms. The normalized spacial score (nSPS) is 9.57. The van der Waals surface area contributed by atoms with Crippen molar-refractivity contribution >= 4 is 5.82 Å². The predicted molar refractivity (Wildman–Crippen MR) is 57.2 cm³/mol. The second-order valence-corrected chi connectivity index (χ2v) is 3.24. The van der Waals surface area contributed by atoms with Gasteiger partial charge in [-0.1, -0.05) is 13.3 Å². The second-order valence-electron chi connectivity index (χ2n) is 3.24. The van der Waals surface area contributed by atoms with Gasteiger partial charge in [0.15, 0.2) is 0 Å². The molecular weight excluding hydrogens is 174 g/mol. The lowest BCUT2D eigenvalue weighted by Gasteiger charge is -2.08. The van der Waals surface area contributed by atoms with E-state index in [-0.39, 0.29) is 0 Å². The standard InChI is InChI=1S/C11H15N3/c1-4-5-9-6-10(7-12)11(13-3)14-8(9)2/h6H,4-5H2,1-3H3,(H,13,14). The molecule has 0 unspecified atom stereocenters. The van der Waals surface area contributed by atoms with Crippen molar-refractivity contribution in [1.82, 2.24) is 4.98 Å². The fraction of sp³-hybridized carbons (Fsp3) is 0.455. The molecule has 0 radical (unpaired) electrons. The fourth-order valence-electron chi connectivity index (χ4n) is 1.44. The summed E-state index contributed by atoms with van der Waals surface area (Å²) < 4.78 is 0. The SMILES string of the molecule is CCCc1cc(C#N)c(NC)nc1C. The third kappa shape index (κ3) is 2.02. The van der Waals surface area contributed by atoms with Gasteiger partial charge in [0.1, 0.15) is 11.9 Å². The molecule has 14 heavy (non-hydrogen) atoms. The quantitative estimate of drug-likeness (QED) is 0.793. The van der Waals surface area contributed by atoms with Gasteiger partial charge in [0.25, 0.3) is 0 Å². The molecule has 1 rings (SSSR count). The van der Waals surface area contributed by atoms with Gasteiger partial charge in [-0.2, -0.15) is 5.26 Å². The van der Waals surface area contributed by atoms with E-state index in [1.54, 1.807) is 7.05 Å². The summed E-state index contributed by atoms with van der Waals surface area (Å²) in [5.74, 6) is 0.671. The lowest BCUT2D eigenvalue weighted by molar-refractivity contribution is 0.898. The first-order chi connectivity index (χ1) is 6.72. The average Bonchev–Trinajstić information content (AvgIpc) is 2.20. The number of hydrogen-bond donors (Lipinski definition) is 1. The van der Waals surface area contributed by atoms with Crippen LogP contribution in [-0.2, 0) is 6.42 Å². The molecule has 0 saturated carbocycles. The summed E-state index contributed by atoms with van der Waals surface area (Å²) in [6.45, 7) is 4.10. The minimum absolute atomic E-state index is 0.626. The van der Waals surface area contributed by atoms with Gasteiger partial charge in [-0.25, -0.2) is 4.98 Å². The number of nitrogens with zero attached hydrogens (tertiary/aromatic N) is 2. The highest BCUT2D eigenvalue weighted by Crippen LogP contribution is 2.17. The van der Waals surface area contributed by atoms with Gasteiger partial charge >= 0.3 is 0 Å². The molecule has 0 aliphatic rings. The highest BCUT2D eigenvalue weighted by Gasteiger charge is 2.06. The zero-order valence-corrected chi connectivity index (χ0v) is 8.89. The number of hydrogen-bond acceptors (Lipinski definition) is 3. The first-order valence-electron chi connectivity index (χ1n) is 4.81. The highest BCUT2D eigenvalue weighted by atomic mass is 15.0. The maximum atomic E-state index is 8.90. The molecule has 0 aliphatic carbocycles. The third-order valence-corrected chi connectivity index (χ3v) is 2.19. The fourth-order valence-corrected chi connectivity index (χ4v) is 1.44. The highest BCUT2D eigenvalue weighted by molar-refractivity contribution is 5.53. The van der Waals surface area contributed by atoms with Crippen LogP contribution in [0.5, 0.6) is 0 Å². The van der Waals surface area contributed by atoms with Crippen LogP contribution in [-0.4, -0.2) is 12.0 Å². The number of nitrogens with one attached hydrogen (secondary N) is 1. The third-order valence-electron chi connectivity index (χ3n) is 2.19. The van der Waals surface area contributed by atoms with E-state index in [4.69, 9.17) is 5.26 Å². The van der Waals surface area contributed by atoms with Crippen LogP contribution in [0.1, 0.15) is 30.2 Å². The van der Waals surface area contributed by atoms with E-state index in [0.29, 0.717) is 11.4 Å². The van der Waals surface area contributed by atoms with Gasteiger partial charge < -0.3 is 5.32 Å². The van der Waals surface area contributed by atoms with Crippen LogP contribution in [0.4, 0.5) is 5.82 Å². The molecule has 74 valence electrons. The van der Waals surface area contributed by atoms with Gasteiger partial charge in [-0.15, -0.1) is 0 Å². The Kier molecular flexibility index (Phi) is 3.47. The Hall–Kier alpha value is -1.56. The molecule has 0 atom stereocenters. The Morgan fingerprint density at radius 3 is 2.79 bits per heavy atom. The average molecular weight is 189 g/mol. The first kappa shape index (κ1) is 10.5. The van der Waals surface area contributed by atoms with Crippen molar-refractivity contribution < 1.29 is 0 Å². The maximum Gasteiger partial charge on any atom is 0.143 e. The van der Waals surface area contributed by atoms with E-state index in [0.717, 1.165) is 18.5 Å². The van der Waals surface area contributed by atoms with Crippen molar-refractivity contribution in [2.45, 2.75) is 26.7 Å². The molecular formula is C11H15N3. The molecule has 0 aromatic carbocycles. The lowest BCUT2D eigenvalue weighted by atomic mass is 10.1. The van der Waals surface area contributed by atoms with Crippen LogP contribution in [0.3, 0.4) is 0 Å².